The lowest BCUT2D eigenvalue weighted by Crippen LogP contribution is -2.31. The molecule has 0 radical (unpaired) electrons. The van der Waals surface area contributed by atoms with Crippen molar-refractivity contribution in [2.45, 2.75) is 30.4 Å². The van der Waals surface area contributed by atoms with Gasteiger partial charge >= 0.3 is 12.1 Å². The lowest BCUT2D eigenvalue weighted by Gasteiger charge is -2.21. The van der Waals surface area contributed by atoms with Crippen LogP contribution in [0.2, 0.25) is 0 Å². The number of amides is 2. The van der Waals surface area contributed by atoms with Crippen molar-refractivity contribution in [3.8, 4) is 5.88 Å². The minimum atomic E-state index is -0.926. The number of carboxylic acids is 1. The van der Waals surface area contributed by atoms with E-state index in [1.807, 2.05) is 29.2 Å². The van der Waals surface area contributed by atoms with Gasteiger partial charge in [0.25, 0.3) is 0 Å². The van der Waals surface area contributed by atoms with Gasteiger partial charge in [-0.2, -0.15) is 0 Å². The number of anilines is 2. The van der Waals surface area contributed by atoms with Gasteiger partial charge in [-0.15, -0.1) is 11.8 Å². The number of pyridine rings is 2. The summed E-state index contributed by atoms with van der Waals surface area (Å²) in [6, 6.07) is 10.9. The molecule has 0 spiro atoms. The third-order valence-electron chi connectivity index (χ3n) is 6.39. The number of benzene rings is 1. The van der Waals surface area contributed by atoms with E-state index in [9.17, 15) is 19.5 Å². The Labute approximate surface area is 223 Å². The largest absolute Gasteiger partial charge is 0.481 e. The Morgan fingerprint density at radius 3 is 2.97 bits per heavy atom. The molecule has 1 fully saturated rings. The maximum Gasteiger partial charge on any atom is 0.414 e. The summed E-state index contributed by atoms with van der Waals surface area (Å²) < 4.78 is 10.8. The third kappa shape index (κ3) is 5.81. The molecule has 2 N–H and O–H groups in total. The number of thioether (sulfide) groups is 1. The van der Waals surface area contributed by atoms with Crippen molar-refractivity contribution in [1.29, 1.82) is 0 Å². The summed E-state index contributed by atoms with van der Waals surface area (Å²) in [4.78, 5) is 49.1. The fraction of sp³-hybridized carbons (Fsp3) is 0.346. The van der Waals surface area contributed by atoms with Gasteiger partial charge in [-0.1, -0.05) is 0 Å². The molecule has 1 atom stereocenters. The van der Waals surface area contributed by atoms with Crippen LogP contribution in [0.15, 0.2) is 47.5 Å². The second-order valence-electron chi connectivity index (χ2n) is 9.07. The molecule has 2 aliphatic rings. The second-order valence-corrected chi connectivity index (χ2v) is 10.1. The molecule has 4 heterocycles. The molecule has 0 unspecified atom stereocenters. The van der Waals surface area contributed by atoms with Crippen molar-refractivity contribution in [3.05, 3.63) is 48.2 Å². The van der Waals surface area contributed by atoms with Crippen LogP contribution in [0, 0.1) is 0 Å². The number of aromatic nitrogens is 2. The van der Waals surface area contributed by atoms with Crippen LogP contribution in [-0.4, -0.2) is 76.5 Å². The number of carbonyl (C=O) groups excluding carboxylic acids is 2. The maximum absolute atomic E-state index is 12.6. The third-order valence-corrected chi connectivity index (χ3v) is 7.46. The molecular formula is C26H27N5O6S. The molecule has 0 aliphatic carbocycles. The monoisotopic (exact) mass is 537 g/mol. The Morgan fingerprint density at radius 1 is 1.29 bits per heavy atom. The number of methoxy groups -OCH3 is 1. The number of cyclic esters (lactones) is 1. The summed E-state index contributed by atoms with van der Waals surface area (Å²) in [5.74, 6) is -0.155. The highest BCUT2D eigenvalue weighted by atomic mass is 32.2. The zero-order chi connectivity index (χ0) is 26.6. The normalized spacial score (nSPS) is 16.9. The fourth-order valence-corrected chi connectivity index (χ4v) is 5.40. The Hall–Kier alpha value is -3.90. The van der Waals surface area contributed by atoms with Crippen LogP contribution in [0.3, 0.4) is 0 Å². The number of hydrogen-bond acceptors (Lipinski definition) is 9. The standard InChI is InChI=1S/C26H27N5O6S/c1-36-23-7-5-19-25(29-23)16(8-9-27-19)12-30(14-24(33)34)10-2-3-18-13-31(26(35)37-18)17-4-6-21-20(11-17)28-22(32)15-38-21/h4-9,11,18H,2-3,10,12-15H2,1H3,(H,28,32)(H,33,34)/t18-/m1/s1. The molecule has 2 aliphatic heterocycles. The van der Waals surface area contributed by atoms with Gasteiger partial charge in [0.05, 0.1) is 42.7 Å². The molecule has 0 saturated carbocycles. The van der Waals surface area contributed by atoms with Crippen molar-refractivity contribution in [2.24, 2.45) is 0 Å². The van der Waals surface area contributed by atoms with E-state index in [1.54, 1.807) is 30.3 Å². The molecular weight excluding hydrogens is 510 g/mol. The van der Waals surface area contributed by atoms with E-state index in [0.717, 1.165) is 10.5 Å². The molecule has 3 aromatic rings. The van der Waals surface area contributed by atoms with Crippen LogP contribution in [0.4, 0.5) is 16.2 Å². The highest BCUT2D eigenvalue weighted by Crippen LogP contribution is 2.35. The number of carbonyl (C=O) groups is 3. The minimum Gasteiger partial charge on any atom is -0.481 e. The predicted octanol–water partition coefficient (Wildman–Crippen LogP) is 3.37. The molecule has 1 aromatic carbocycles. The van der Waals surface area contributed by atoms with Crippen LogP contribution in [0.25, 0.3) is 11.0 Å². The first-order valence-corrected chi connectivity index (χ1v) is 13.2. The van der Waals surface area contributed by atoms with Crippen molar-refractivity contribution in [2.75, 3.05) is 42.7 Å². The smallest absolute Gasteiger partial charge is 0.414 e. The lowest BCUT2D eigenvalue weighted by molar-refractivity contribution is -0.138. The predicted molar refractivity (Wildman–Crippen MR) is 142 cm³/mol. The number of hydrogen-bond donors (Lipinski definition) is 2. The SMILES string of the molecule is COc1ccc2nccc(CN(CCC[C@@H]3CN(c4ccc5c(c4)NC(=O)CS5)C(=O)O3)CC(=O)O)c2n1. The number of ether oxygens (including phenoxy) is 2. The number of nitrogens with one attached hydrogen (secondary N) is 1. The highest BCUT2D eigenvalue weighted by molar-refractivity contribution is 8.00. The first kappa shape index (κ1) is 25.7. The quantitative estimate of drug-likeness (QED) is 0.396. The van der Waals surface area contributed by atoms with Crippen molar-refractivity contribution in [1.82, 2.24) is 14.9 Å². The molecule has 198 valence electrons. The van der Waals surface area contributed by atoms with E-state index in [-0.39, 0.29) is 18.6 Å². The van der Waals surface area contributed by atoms with Gasteiger partial charge in [0.2, 0.25) is 11.8 Å². The van der Waals surface area contributed by atoms with Crippen LogP contribution >= 0.6 is 11.8 Å². The molecule has 5 rings (SSSR count). The van der Waals surface area contributed by atoms with Crippen LogP contribution in [0.5, 0.6) is 5.88 Å². The summed E-state index contributed by atoms with van der Waals surface area (Å²) >= 11 is 1.46. The van der Waals surface area contributed by atoms with Gasteiger partial charge in [-0.3, -0.25) is 24.4 Å². The first-order chi connectivity index (χ1) is 18.4. The second kappa shape index (κ2) is 11.2. The Bertz CT molecular complexity index is 1390. The summed E-state index contributed by atoms with van der Waals surface area (Å²) in [7, 11) is 1.54. The average Bonchev–Trinajstić information content (AvgIpc) is 3.27. The number of aliphatic carboxylic acids is 1. The number of rotatable bonds is 10. The van der Waals surface area contributed by atoms with Crippen LogP contribution < -0.4 is 15.0 Å². The first-order valence-electron chi connectivity index (χ1n) is 12.2. The van der Waals surface area contributed by atoms with Gasteiger partial charge in [0, 0.05) is 29.4 Å². The molecule has 0 bridgehead atoms. The van der Waals surface area contributed by atoms with Gasteiger partial charge < -0.3 is 19.9 Å². The Morgan fingerprint density at radius 2 is 2.16 bits per heavy atom. The molecule has 12 heteroatoms. The van der Waals surface area contributed by atoms with E-state index >= 15 is 0 Å². The fourth-order valence-electron chi connectivity index (χ4n) is 4.61. The summed E-state index contributed by atoms with van der Waals surface area (Å²) in [5, 5.41) is 12.3. The minimum absolute atomic E-state index is 0.0675. The topological polar surface area (TPSA) is 134 Å². The van der Waals surface area contributed by atoms with Crippen LogP contribution in [-0.2, 0) is 20.9 Å². The maximum atomic E-state index is 12.6. The molecule has 2 amide bonds. The van der Waals surface area contributed by atoms with E-state index in [4.69, 9.17) is 9.47 Å². The number of carboxylic acid groups (broad SMARTS) is 1. The van der Waals surface area contributed by atoms with E-state index in [2.05, 4.69) is 15.3 Å². The summed E-state index contributed by atoms with van der Waals surface area (Å²) in [5.41, 5.74) is 3.59. The van der Waals surface area contributed by atoms with E-state index < -0.39 is 12.1 Å². The van der Waals surface area contributed by atoms with Crippen LogP contribution in [0.1, 0.15) is 18.4 Å². The van der Waals surface area contributed by atoms with E-state index in [1.165, 1.54) is 11.8 Å². The van der Waals surface area contributed by atoms with E-state index in [0.29, 0.717) is 66.5 Å². The zero-order valence-corrected chi connectivity index (χ0v) is 21.6. The summed E-state index contributed by atoms with van der Waals surface area (Å²) in [6.07, 6.45) is 2.15. The van der Waals surface area contributed by atoms with Gasteiger partial charge in [-0.25, -0.2) is 9.78 Å². The molecule has 11 nitrogen and oxygen atoms in total. The number of nitrogens with zero attached hydrogens (tertiary/aromatic N) is 4. The zero-order valence-electron chi connectivity index (χ0n) is 20.8. The summed E-state index contributed by atoms with van der Waals surface area (Å²) in [6.45, 7) is 1.12. The molecule has 2 aromatic heterocycles. The Kier molecular flexibility index (Phi) is 7.61. The van der Waals surface area contributed by atoms with Gasteiger partial charge in [0.15, 0.2) is 0 Å². The van der Waals surface area contributed by atoms with Crippen molar-refractivity contribution >= 4 is 52.1 Å². The van der Waals surface area contributed by atoms with Gasteiger partial charge in [-0.05, 0) is 55.3 Å². The molecule has 1 saturated heterocycles. The van der Waals surface area contributed by atoms with Gasteiger partial charge in [0.1, 0.15) is 6.10 Å². The molecule has 38 heavy (non-hydrogen) atoms. The average molecular weight is 538 g/mol. The number of fused-ring (bicyclic) bond motifs is 2. The highest BCUT2D eigenvalue weighted by Gasteiger charge is 2.33. The van der Waals surface area contributed by atoms with Crippen molar-refractivity contribution < 1.29 is 29.0 Å². The lowest BCUT2D eigenvalue weighted by atomic mass is 10.1. The Balaban J connectivity index is 1.21. The van der Waals surface area contributed by atoms with Crippen molar-refractivity contribution in [3.63, 3.8) is 0 Å².